The zero-order valence-electron chi connectivity index (χ0n) is 15.0. The lowest BCUT2D eigenvalue weighted by atomic mass is 10.1. The van der Waals surface area contributed by atoms with E-state index in [1.807, 2.05) is 54.6 Å². The van der Waals surface area contributed by atoms with Gasteiger partial charge in [-0.05, 0) is 42.5 Å². The van der Waals surface area contributed by atoms with Crippen LogP contribution in [0.25, 0.3) is 43.9 Å². The molecule has 0 N–H and O–H groups in total. The zero-order valence-corrected chi connectivity index (χ0v) is 17.2. The van der Waals surface area contributed by atoms with Gasteiger partial charge in [-0.25, -0.2) is 0 Å². The van der Waals surface area contributed by atoms with Crippen molar-refractivity contribution in [1.82, 2.24) is 0 Å². The number of rotatable bonds is 0. The van der Waals surface area contributed by atoms with Gasteiger partial charge >= 0.3 is 0 Å². The summed E-state index contributed by atoms with van der Waals surface area (Å²) in [5.74, 6) is 0. The van der Waals surface area contributed by atoms with E-state index in [-0.39, 0.29) is 0 Å². The molecule has 4 aromatic carbocycles. The van der Waals surface area contributed by atoms with Gasteiger partial charge in [-0.2, -0.15) is 0 Å². The van der Waals surface area contributed by atoms with E-state index in [0.29, 0.717) is 20.7 Å². The summed E-state index contributed by atoms with van der Waals surface area (Å²) >= 11 is 18.0. The van der Waals surface area contributed by atoms with E-state index in [4.69, 9.17) is 43.6 Å². The van der Waals surface area contributed by atoms with Crippen LogP contribution in [0.15, 0.2) is 87.7 Å². The third-order valence-corrected chi connectivity index (χ3v) is 5.47. The smallest absolute Gasteiger partial charge is 0.154 e. The average molecular weight is 440 g/mol. The van der Waals surface area contributed by atoms with Crippen molar-refractivity contribution in [3.63, 3.8) is 0 Å². The van der Waals surface area contributed by atoms with Gasteiger partial charge < -0.3 is 8.83 Å². The van der Waals surface area contributed by atoms with E-state index in [0.717, 1.165) is 27.5 Å². The Morgan fingerprint density at radius 3 is 1.76 bits per heavy atom. The Morgan fingerprint density at radius 2 is 1.07 bits per heavy atom. The molecule has 2 heterocycles. The van der Waals surface area contributed by atoms with Gasteiger partial charge in [0.15, 0.2) is 5.58 Å². The van der Waals surface area contributed by atoms with Gasteiger partial charge in [0.05, 0.1) is 5.02 Å². The Bertz CT molecular complexity index is 1440. The number of para-hydroxylation sites is 2. The fourth-order valence-electron chi connectivity index (χ4n) is 3.45. The predicted molar refractivity (Wildman–Crippen MR) is 122 cm³/mol. The Balaban J connectivity index is 0.000000128. The molecule has 0 saturated heterocycles. The third kappa shape index (κ3) is 3.34. The second-order valence-corrected chi connectivity index (χ2v) is 7.88. The maximum absolute atomic E-state index is 6.06. The highest BCUT2D eigenvalue weighted by Crippen LogP contribution is 2.36. The van der Waals surface area contributed by atoms with Gasteiger partial charge in [0.25, 0.3) is 0 Å². The summed E-state index contributed by atoms with van der Waals surface area (Å²) in [6, 6.07) is 25.1. The minimum atomic E-state index is 0.509. The Morgan fingerprint density at radius 1 is 0.483 bits per heavy atom. The van der Waals surface area contributed by atoms with Crippen molar-refractivity contribution < 1.29 is 8.83 Å². The summed E-state index contributed by atoms with van der Waals surface area (Å²) in [5, 5.41) is 5.94. The van der Waals surface area contributed by atoms with Crippen molar-refractivity contribution in [2.75, 3.05) is 0 Å². The van der Waals surface area contributed by atoms with Gasteiger partial charge in [-0.15, -0.1) is 0 Å². The highest BCUT2D eigenvalue weighted by Gasteiger charge is 2.11. The molecule has 6 rings (SSSR count). The Labute approximate surface area is 181 Å². The third-order valence-electron chi connectivity index (χ3n) is 4.74. The molecule has 2 nitrogen and oxygen atoms in total. The molecule has 0 aliphatic heterocycles. The number of fused-ring (bicyclic) bond motifs is 6. The first-order valence-electron chi connectivity index (χ1n) is 8.93. The highest BCUT2D eigenvalue weighted by atomic mass is 35.5. The summed E-state index contributed by atoms with van der Waals surface area (Å²) in [6.07, 6.45) is 0. The van der Waals surface area contributed by atoms with E-state index in [1.54, 1.807) is 12.1 Å². The van der Waals surface area contributed by atoms with Crippen LogP contribution in [0.1, 0.15) is 0 Å². The molecule has 0 saturated carbocycles. The maximum atomic E-state index is 6.06. The van der Waals surface area contributed by atoms with Crippen molar-refractivity contribution >= 4 is 78.7 Å². The summed E-state index contributed by atoms with van der Waals surface area (Å²) in [4.78, 5) is 0. The first kappa shape index (κ1) is 18.4. The maximum Gasteiger partial charge on any atom is 0.154 e. The van der Waals surface area contributed by atoms with Crippen LogP contribution in [-0.4, -0.2) is 0 Å². The van der Waals surface area contributed by atoms with Gasteiger partial charge in [0.1, 0.15) is 16.7 Å². The molecule has 6 aromatic rings. The van der Waals surface area contributed by atoms with Crippen LogP contribution in [0, 0.1) is 0 Å². The minimum absolute atomic E-state index is 0.509. The van der Waals surface area contributed by atoms with E-state index < -0.39 is 0 Å². The molecule has 0 spiro atoms. The number of hydrogen-bond donors (Lipinski definition) is 0. The van der Waals surface area contributed by atoms with Crippen LogP contribution >= 0.6 is 34.8 Å². The van der Waals surface area contributed by atoms with E-state index in [9.17, 15) is 0 Å². The predicted octanol–water partition coefficient (Wildman–Crippen LogP) is 9.13. The number of benzene rings is 4. The average Bonchev–Trinajstić information content (AvgIpc) is 3.27. The summed E-state index contributed by atoms with van der Waals surface area (Å²) < 4.78 is 11.3. The fraction of sp³-hybridized carbons (Fsp3) is 0. The first-order chi connectivity index (χ1) is 14.1. The molecular weight excluding hydrogens is 427 g/mol. The first-order valence-corrected chi connectivity index (χ1v) is 10.1. The molecule has 29 heavy (non-hydrogen) atoms. The molecule has 5 heteroatoms. The van der Waals surface area contributed by atoms with Gasteiger partial charge in [0, 0.05) is 31.6 Å². The Hall–Kier alpha value is -2.65. The summed E-state index contributed by atoms with van der Waals surface area (Å²) in [6.45, 7) is 0. The molecule has 0 radical (unpaired) electrons. The molecule has 0 bridgehead atoms. The molecule has 0 aliphatic carbocycles. The fourth-order valence-corrected chi connectivity index (χ4v) is 4.15. The van der Waals surface area contributed by atoms with Crippen molar-refractivity contribution in [2.45, 2.75) is 0 Å². The van der Waals surface area contributed by atoms with Crippen LogP contribution in [0.4, 0.5) is 0 Å². The lowest BCUT2D eigenvalue weighted by Crippen LogP contribution is -1.70. The van der Waals surface area contributed by atoms with E-state index in [1.165, 1.54) is 10.8 Å². The Kier molecular flexibility index (Phi) is 4.63. The number of furan rings is 2. The van der Waals surface area contributed by atoms with Crippen molar-refractivity contribution in [2.24, 2.45) is 0 Å². The van der Waals surface area contributed by atoms with Crippen LogP contribution in [-0.2, 0) is 0 Å². The normalized spacial score (nSPS) is 11.3. The topological polar surface area (TPSA) is 26.3 Å². The zero-order chi connectivity index (χ0) is 20.0. The largest absolute Gasteiger partial charge is 0.456 e. The molecule has 0 amide bonds. The summed E-state index contributed by atoms with van der Waals surface area (Å²) in [5.41, 5.74) is 3.32. The molecule has 0 fully saturated rings. The quantitative estimate of drug-likeness (QED) is 0.236. The van der Waals surface area contributed by atoms with Gasteiger partial charge in [-0.1, -0.05) is 71.2 Å². The van der Waals surface area contributed by atoms with Crippen LogP contribution in [0.2, 0.25) is 15.1 Å². The molecular formula is C24H13Cl3O2. The van der Waals surface area contributed by atoms with Crippen LogP contribution < -0.4 is 0 Å². The van der Waals surface area contributed by atoms with Gasteiger partial charge in [0.2, 0.25) is 0 Å². The van der Waals surface area contributed by atoms with Crippen molar-refractivity contribution in [3.05, 3.63) is 93.9 Å². The molecule has 0 aliphatic rings. The van der Waals surface area contributed by atoms with Gasteiger partial charge in [-0.3, -0.25) is 0 Å². The number of halogens is 3. The standard InChI is InChI=1S/C12H5Cl3O.C12H8O/c13-6-1-2-11-8(3-6)9-4-7(14)5-10(15)12(9)16-11;1-3-7-11-9(5-1)10-6-2-4-8-12(10)13-11/h1-5H;1-8H. The minimum Gasteiger partial charge on any atom is -0.456 e. The molecule has 0 unspecified atom stereocenters. The van der Waals surface area contributed by atoms with E-state index in [2.05, 4.69) is 12.1 Å². The highest BCUT2D eigenvalue weighted by molar-refractivity contribution is 6.39. The van der Waals surface area contributed by atoms with Crippen LogP contribution in [0.5, 0.6) is 0 Å². The molecule has 0 atom stereocenters. The summed E-state index contributed by atoms with van der Waals surface area (Å²) in [7, 11) is 0. The number of hydrogen-bond acceptors (Lipinski definition) is 2. The van der Waals surface area contributed by atoms with Crippen molar-refractivity contribution in [3.8, 4) is 0 Å². The van der Waals surface area contributed by atoms with E-state index >= 15 is 0 Å². The lowest BCUT2D eigenvalue weighted by molar-refractivity contribution is 0.668. The second kappa shape index (κ2) is 7.31. The van der Waals surface area contributed by atoms with Crippen LogP contribution in [0.3, 0.4) is 0 Å². The SMILES string of the molecule is Clc1ccc2oc3c(Cl)cc(Cl)cc3c2c1.c1ccc2c(c1)oc1ccccc12. The second-order valence-electron chi connectivity index (χ2n) is 6.60. The monoisotopic (exact) mass is 438 g/mol. The molecule has 2 aromatic heterocycles. The molecule has 142 valence electrons. The lowest BCUT2D eigenvalue weighted by Gasteiger charge is -1.94. The van der Waals surface area contributed by atoms with Crippen molar-refractivity contribution in [1.29, 1.82) is 0 Å².